The fourth-order valence-electron chi connectivity index (χ4n) is 6.08. The van der Waals surface area contributed by atoms with Crippen LogP contribution >= 0.6 is 11.6 Å². The van der Waals surface area contributed by atoms with Gasteiger partial charge in [-0.15, -0.1) is 10.2 Å². The van der Waals surface area contributed by atoms with Gasteiger partial charge in [0.25, 0.3) is 5.88 Å². The van der Waals surface area contributed by atoms with Crippen LogP contribution < -0.4 is 14.8 Å². The van der Waals surface area contributed by atoms with Gasteiger partial charge in [-0.25, -0.2) is 24.6 Å². The van der Waals surface area contributed by atoms with E-state index < -0.39 is 0 Å². The second-order valence-corrected chi connectivity index (χ2v) is 12.6. The summed E-state index contributed by atoms with van der Waals surface area (Å²) in [4.78, 5) is 20.1. The summed E-state index contributed by atoms with van der Waals surface area (Å²) in [5, 5.41) is 29.6. The first kappa shape index (κ1) is 34.1. The van der Waals surface area contributed by atoms with Crippen molar-refractivity contribution in [2.45, 2.75) is 83.3 Å². The van der Waals surface area contributed by atoms with E-state index in [4.69, 9.17) is 26.2 Å². The van der Waals surface area contributed by atoms with Crippen molar-refractivity contribution in [2.75, 3.05) is 19.0 Å². The first-order valence-electron chi connectivity index (χ1n) is 16.5. The summed E-state index contributed by atoms with van der Waals surface area (Å²) in [5.41, 5.74) is 2.29. The second kappa shape index (κ2) is 16.1. The lowest BCUT2D eigenvalue weighted by Gasteiger charge is -2.38. The summed E-state index contributed by atoms with van der Waals surface area (Å²) >= 11 is 6.46. The number of tetrazole rings is 1. The number of nitrogens with one attached hydrogen (secondary N) is 1. The predicted molar refractivity (Wildman–Crippen MR) is 182 cm³/mol. The van der Waals surface area contributed by atoms with Crippen LogP contribution in [0.5, 0.6) is 11.6 Å². The zero-order chi connectivity index (χ0) is 34.2. The number of halogens is 1. The first-order chi connectivity index (χ1) is 23.9. The van der Waals surface area contributed by atoms with Crippen LogP contribution in [0.1, 0.15) is 57.8 Å². The Morgan fingerprint density at radius 2 is 1.86 bits per heavy atom. The number of hydrogen-bond donors (Lipinski definition) is 2. The van der Waals surface area contributed by atoms with Crippen molar-refractivity contribution in [1.82, 2.24) is 54.8 Å². The van der Waals surface area contributed by atoms with Crippen LogP contribution in [0.15, 0.2) is 61.6 Å². The van der Waals surface area contributed by atoms with Gasteiger partial charge in [-0.1, -0.05) is 24.6 Å². The highest BCUT2D eigenvalue weighted by atomic mass is 35.5. The Hall–Kier alpha value is -4.73. The van der Waals surface area contributed by atoms with Crippen molar-refractivity contribution in [2.24, 2.45) is 0 Å². The number of rotatable bonds is 15. The number of aliphatic hydroxyl groups excluding tert-OH is 1. The molecular weight excluding hydrogens is 648 g/mol. The van der Waals surface area contributed by atoms with E-state index in [0.29, 0.717) is 46.7 Å². The molecule has 15 nitrogen and oxygen atoms in total. The molecule has 258 valence electrons. The molecule has 2 N–H and O–H groups in total. The largest absolute Gasteiger partial charge is 0.487 e. The molecule has 0 bridgehead atoms. The molecule has 0 spiro atoms. The molecule has 1 aliphatic rings. The second-order valence-electron chi connectivity index (χ2n) is 12.2. The molecule has 0 amide bonds. The zero-order valence-electron chi connectivity index (χ0n) is 27.8. The highest BCUT2D eigenvalue weighted by Gasteiger charge is 2.29. The Morgan fingerprint density at radius 3 is 2.55 bits per heavy atom. The maximum Gasteiger partial charge on any atom is 0.257 e. The topological polar surface area (TPSA) is 167 Å². The van der Waals surface area contributed by atoms with Gasteiger partial charge in [0.15, 0.2) is 5.82 Å². The number of aromatic nitrogens is 10. The minimum absolute atomic E-state index is 0.165. The van der Waals surface area contributed by atoms with Gasteiger partial charge >= 0.3 is 0 Å². The van der Waals surface area contributed by atoms with Crippen molar-refractivity contribution in [3.63, 3.8) is 0 Å². The summed E-state index contributed by atoms with van der Waals surface area (Å²) in [5.74, 6) is 1.90. The third-order valence-electron chi connectivity index (χ3n) is 8.86. The summed E-state index contributed by atoms with van der Waals surface area (Å²) in [6.45, 7) is 4.85. The van der Waals surface area contributed by atoms with Crippen LogP contribution in [0.25, 0.3) is 11.1 Å². The lowest BCUT2D eigenvalue weighted by atomic mass is 9.89. The lowest BCUT2D eigenvalue weighted by Crippen LogP contribution is -2.43. The van der Waals surface area contributed by atoms with E-state index in [0.717, 1.165) is 43.2 Å². The Kier molecular flexibility index (Phi) is 11.2. The van der Waals surface area contributed by atoms with Crippen molar-refractivity contribution >= 4 is 23.2 Å². The summed E-state index contributed by atoms with van der Waals surface area (Å²) < 4.78 is 15.8. The van der Waals surface area contributed by atoms with Crippen LogP contribution in [0.4, 0.5) is 11.6 Å². The molecule has 1 fully saturated rings. The van der Waals surface area contributed by atoms with Crippen LogP contribution in [-0.2, 0) is 13.2 Å². The molecule has 1 saturated carbocycles. The van der Waals surface area contributed by atoms with Crippen LogP contribution in [0, 0.1) is 0 Å². The zero-order valence-corrected chi connectivity index (χ0v) is 28.6. The predicted octanol–water partition coefficient (Wildman–Crippen LogP) is 4.75. The molecule has 16 heteroatoms. The molecule has 4 heterocycles. The summed E-state index contributed by atoms with van der Waals surface area (Å²) in [7, 11) is 2.12. The van der Waals surface area contributed by atoms with E-state index >= 15 is 0 Å². The molecule has 1 aromatic carbocycles. The molecule has 0 radical (unpaired) electrons. The van der Waals surface area contributed by atoms with Crippen molar-refractivity contribution in [3.05, 3.63) is 72.4 Å². The fourth-order valence-corrected chi connectivity index (χ4v) is 6.24. The van der Waals surface area contributed by atoms with Gasteiger partial charge in [0.1, 0.15) is 30.5 Å². The van der Waals surface area contributed by atoms with E-state index in [1.165, 1.54) is 6.33 Å². The first-order valence-corrected chi connectivity index (χ1v) is 16.8. The lowest BCUT2D eigenvalue weighted by molar-refractivity contribution is 0.0775. The van der Waals surface area contributed by atoms with Gasteiger partial charge in [0.05, 0.1) is 30.4 Å². The molecule has 0 saturated heterocycles. The number of anilines is 2. The number of nitrogens with zero attached hydrogens (tertiary/aromatic N) is 11. The van der Waals surface area contributed by atoms with Crippen molar-refractivity contribution in [1.29, 1.82) is 0 Å². The highest BCUT2D eigenvalue weighted by Crippen LogP contribution is 2.35. The van der Waals surface area contributed by atoms with Gasteiger partial charge in [0, 0.05) is 42.4 Å². The molecule has 4 aromatic heterocycles. The summed E-state index contributed by atoms with van der Waals surface area (Å²) in [6, 6.07) is 8.14. The van der Waals surface area contributed by atoms with Crippen LogP contribution in [0.2, 0.25) is 5.02 Å². The van der Waals surface area contributed by atoms with E-state index in [-0.39, 0.29) is 31.4 Å². The number of aliphatic hydroxyl groups is 1. The molecule has 1 aliphatic carbocycles. The van der Waals surface area contributed by atoms with E-state index in [2.05, 4.69) is 59.6 Å². The van der Waals surface area contributed by atoms with E-state index in [1.807, 2.05) is 29.9 Å². The Balaban J connectivity index is 1.15. The van der Waals surface area contributed by atoms with Crippen molar-refractivity contribution in [3.8, 4) is 22.8 Å². The van der Waals surface area contributed by atoms with Gasteiger partial charge in [0.2, 0.25) is 5.95 Å². The maximum absolute atomic E-state index is 9.79. The molecule has 5 aromatic rings. The van der Waals surface area contributed by atoms with Gasteiger partial charge in [-0.2, -0.15) is 0 Å². The summed E-state index contributed by atoms with van der Waals surface area (Å²) in [6.07, 6.45) is 15.0. The number of likely N-dealkylation sites (N-methyl/N-ethyl adjacent to an activating group) is 1. The maximum atomic E-state index is 9.79. The number of hydrogen-bond acceptors (Lipinski definition) is 13. The minimum Gasteiger partial charge on any atom is -0.487 e. The average molecular weight is 689 g/mol. The highest BCUT2D eigenvalue weighted by molar-refractivity contribution is 6.32. The quantitative estimate of drug-likeness (QED) is 0.155. The molecule has 49 heavy (non-hydrogen) atoms. The Morgan fingerprint density at radius 1 is 1.08 bits per heavy atom. The molecular formula is C33H41ClN12O3. The monoisotopic (exact) mass is 688 g/mol. The third-order valence-corrected chi connectivity index (χ3v) is 9.17. The Labute approximate surface area is 289 Å². The smallest absolute Gasteiger partial charge is 0.257 e. The number of benzene rings is 1. The van der Waals surface area contributed by atoms with E-state index in [9.17, 15) is 5.11 Å². The van der Waals surface area contributed by atoms with Crippen molar-refractivity contribution < 1.29 is 14.6 Å². The molecule has 6 rings (SSSR count). The van der Waals surface area contributed by atoms with E-state index in [1.54, 1.807) is 41.6 Å². The van der Waals surface area contributed by atoms with Crippen LogP contribution in [0.3, 0.4) is 0 Å². The van der Waals surface area contributed by atoms with Crippen LogP contribution in [-0.4, -0.2) is 91.8 Å². The molecule has 0 unspecified atom stereocenters. The number of ether oxygens (including phenoxy) is 2. The van der Waals surface area contributed by atoms with Gasteiger partial charge in [-0.3, -0.25) is 9.58 Å². The Bertz CT molecular complexity index is 1740. The third kappa shape index (κ3) is 8.66. The SMILES string of the molecule is CC[C@H](CO)N(C)C1CCC(n2cc(Nc3ncc(-c4ccc(Cl)c(O[C@@H](C)Cn5cnnn5)c4)cn3)c(OCc3ncccn3)n2)CC1. The molecule has 0 aliphatic heterocycles. The normalized spacial score (nSPS) is 17.5. The fraction of sp³-hybridized carbons (Fsp3) is 0.455. The molecule has 2 atom stereocenters. The van der Waals surface area contributed by atoms with Gasteiger partial charge < -0.3 is 19.9 Å². The average Bonchev–Trinajstić information content (AvgIpc) is 3.79. The minimum atomic E-state index is -0.221. The van der Waals surface area contributed by atoms with Gasteiger partial charge in [-0.05, 0) is 80.3 Å². The standard InChI is InChI=1S/C33H41ClN12O3/c1-4-25(19-47)44(3)26-7-9-27(10-8-26)46-18-29(32(41-46)48-20-31-35-12-5-13-36-31)40-33-37-15-24(16-38-33)23-6-11-28(34)30(14-23)49-22(2)17-45-21-39-42-43-45/h5-6,11-16,18,21-22,25-27,47H,4,7-10,17,19-20H2,1-3H3,(H,37,38,40)/t22-,25+,26?,27?/m0/s1.